The van der Waals surface area contributed by atoms with Crippen LogP contribution in [0, 0.1) is 12.8 Å². The number of H-pyrrole nitrogens is 1. The van der Waals surface area contributed by atoms with E-state index in [-0.39, 0.29) is 17.9 Å². The molecule has 0 aliphatic heterocycles. The molecular formula is C18H23N3O2S. The van der Waals surface area contributed by atoms with Gasteiger partial charge in [0.1, 0.15) is 0 Å². The molecule has 128 valence electrons. The number of nitrogens with one attached hydrogen (secondary N) is 2. The van der Waals surface area contributed by atoms with E-state index in [1.54, 1.807) is 6.92 Å². The third-order valence-electron chi connectivity index (χ3n) is 3.46. The molecule has 1 amide bonds. The maximum absolute atomic E-state index is 12.3. The maximum Gasteiger partial charge on any atom is 0.255 e. The van der Waals surface area contributed by atoms with Gasteiger partial charge >= 0.3 is 0 Å². The second-order valence-electron chi connectivity index (χ2n) is 6.08. The van der Waals surface area contributed by atoms with Gasteiger partial charge in [0.05, 0.1) is 6.42 Å². The minimum absolute atomic E-state index is 0.0600. The zero-order valence-corrected chi connectivity index (χ0v) is 15.1. The minimum Gasteiger partial charge on any atom is -0.356 e. The summed E-state index contributed by atoms with van der Waals surface area (Å²) in [5, 5.41) is 3.40. The monoisotopic (exact) mass is 345 g/mol. The summed E-state index contributed by atoms with van der Waals surface area (Å²) in [5.41, 5.74) is 1.96. The predicted octanol–water partition coefficient (Wildman–Crippen LogP) is 2.69. The summed E-state index contributed by atoms with van der Waals surface area (Å²) in [6, 6.07) is 10.0. The number of benzene rings is 1. The number of aryl methyl sites for hydroxylation is 1. The number of hydrogen-bond donors (Lipinski definition) is 2. The maximum atomic E-state index is 12.3. The van der Waals surface area contributed by atoms with Gasteiger partial charge in [-0.1, -0.05) is 55.9 Å². The van der Waals surface area contributed by atoms with Gasteiger partial charge in [-0.3, -0.25) is 9.59 Å². The van der Waals surface area contributed by atoms with E-state index in [4.69, 9.17) is 0 Å². The van der Waals surface area contributed by atoms with Crippen molar-refractivity contribution in [1.29, 1.82) is 0 Å². The van der Waals surface area contributed by atoms with E-state index >= 15 is 0 Å². The first-order valence-corrected chi connectivity index (χ1v) is 8.97. The summed E-state index contributed by atoms with van der Waals surface area (Å²) in [7, 11) is 0. The van der Waals surface area contributed by atoms with Gasteiger partial charge in [0.25, 0.3) is 5.56 Å². The van der Waals surface area contributed by atoms with Crippen molar-refractivity contribution in [3.63, 3.8) is 0 Å². The number of carbonyl (C=O) groups is 1. The third kappa shape index (κ3) is 5.53. The van der Waals surface area contributed by atoms with Crippen molar-refractivity contribution in [3.8, 4) is 0 Å². The fraction of sp³-hybridized carbons (Fsp3) is 0.389. The van der Waals surface area contributed by atoms with Gasteiger partial charge in [-0.25, -0.2) is 4.98 Å². The molecule has 2 N–H and O–H groups in total. The molecule has 1 aromatic heterocycles. The van der Waals surface area contributed by atoms with Gasteiger partial charge in [0, 0.05) is 23.6 Å². The number of aromatic amines is 1. The lowest BCUT2D eigenvalue weighted by Gasteiger charge is -2.09. The van der Waals surface area contributed by atoms with Gasteiger partial charge in [-0.15, -0.1) is 0 Å². The number of nitrogens with zero attached hydrogens (tertiary/aromatic N) is 1. The van der Waals surface area contributed by atoms with E-state index in [1.807, 2.05) is 44.2 Å². The molecule has 0 unspecified atom stereocenters. The molecule has 0 saturated heterocycles. The van der Waals surface area contributed by atoms with Crippen molar-refractivity contribution in [3.05, 3.63) is 57.5 Å². The molecule has 2 aromatic rings. The van der Waals surface area contributed by atoms with E-state index in [2.05, 4.69) is 15.3 Å². The molecule has 0 atom stereocenters. The summed E-state index contributed by atoms with van der Waals surface area (Å²) in [4.78, 5) is 31.4. The number of amides is 1. The summed E-state index contributed by atoms with van der Waals surface area (Å²) < 4.78 is 0. The standard InChI is InChI=1S/C18H23N3O2S/c1-12(2)10-19-16(22)9-15-13(3)20-18(21-17(15)23)24-11-14-7-5-4-6-8-14/h4-8,12H,9-11H2,1-3H3,(H,19,22)(H,20,21,23). The molecule has 6 heteroatoms. The van der Waals surface area contributed by atoms with E-state index in [1.165, 1.54) is 17.3 Å². The number of aromatic nitrogens is 2. The average molecular weight is 345 g/mol. The van der Waals surface area contributed by atoms with Gasteiger partial charge < -0.3 is 10.3 Å². The van der Waals surface area contributed by atoms with Crippen LogP contribution in [0.3, 0.4) is 0 Å². The van der Waals surface area contributed by atoms with Crippen LogP contribution in [0.25, 0.3) is 0 Å². The molecule has 1 heterocycles. The van der Waals surface area contributed by atoms with Crippen molar-refractivity contribution in [2.75, 3.05) is 6.54 Å². The molecule has 0 saturated carbocycles. The predicted molar refractivity (Wildman–Crippen MR) is 97.1 cm³/mol. The quantitative estimate of drug-likeness (QED) is 0.598. The zero-order chi connectivity index (χ0) is 17.5. The average Bonchev–Trinajstić information content (AvgIpc) is 2.55. The van der Waals surface area contributed by atoms with Crippen LogP contribution < -0.4 is 10.9 Å². The molecule has 0 aliphatic carbocycles. The summed E-state index contributed by atoms with van der Waals surface area (Å²) >= 11 is 1.48. The van der Waals surface area contributed by atoms with Crippen molar-refractivity contribution in [2.24, 2.45) is 5.92 Å². The zero-order valence-electron chi connectivity index (χ0n) is 14.3. The Hall–Kier alpha value is -2.08. The highest BCUT2D eigenvalue weighted by Crippen LogP contribution is 2.18. The van der Waals surface area contributed by atoms with Gasteiger partial charge in [-0.05, 0) is 18.4 Å². The van der Waals surface area contributed by atoms with Crippen LogP contribution in [0.1, 0.15) is 30.7 Å². The highest BCUT2D eigenvalue weighted by molar-refractivity contribution is 7.98. The molecule has 1 aromatic carbocycles. The van der Waals surface area contributed by atoms with Gasteiger partial charge in [0.2, 0.25) is 5.91 Å². The Bertz CT molecular complexity index is 742. The normalized spacial score (nSPS) is 10.8. The number of rotatable bonds is 7. The second kappa shape index (κ2) is 8.68. The summed E-state index contributed by atoms with van der Waals surface area (Å²) in [6.07, 6.45) is 0.0600. The Balaban J connectivity index is 2.02. The van der Waals surface area contributed by atoms with Crippen LogP contribution >= 0.6 is 11.8 Å². The van der Waals surface area contributed by atoms with E-state index < -0.39 is 0 Å². The molecule has 0 fully saturated rings. The smallest absolute Gasteiger partial charge is 0.255 e. The lowest BCUT2D eigenvalue weighted by Crippen LogP contribution is -2.31. The molecule has 0 spiro atoms. The summed E-state index contributed by atoms with van der Waals surface area (Å²) in [5.74, 6) is 0.962. The largest absolute Gasteiger partial charge is 0.356 e. The van der Waals surface area contributed by atoms with Crippen molar-refractivity contribution < 1.29 is 4.79 Å². The highest BCUT2D eigenvalue weighted by Gasteiger charge is 2.13. The third-order valence-corrected chi connectivity index (χ3v) is 4.41. The van der Waals surface area contributed by atoms with Gasteiger partial charge in [-0.2, -0.15) is 0 Å². The van der Waals surface area contributed by atoms with Gasteiger partial charge in [0.15, 0.2) is 5.16 Å². The highest BCUT2D eigenvalue weighted by atomic mass is 32.2. The lowest BCUT2D eigenvalue weighted by atomic mass is 10.1. The van der Waals surface area contributed by atoms with E-state index in [9.17, 15) is 9.59 Å². The summed E-state index contributed by atoms with van der Waals surface area (Å²) in [6.45, 7) is 6.43. The molecular weight excluding hydrogens is 322 g/mol. The number of hydrogen-bond acceptors (Lipinski definition) is 4. The Kier molecular flexibility index (Phi) is 6.61. The molecule has 0 aliphatic rings. The van der Waals surface area contributed by atoms with Crippen molar-refractivity contribution in [2.45, 2.75) is 38.1 Å². The van der Waals surface area contributed by atoms with Crippen molar-refractivity contribution in [1.82, 2.24) is 15.3 Å². The van der Waals surface area contributed by atoms with E-state index in [0.717, 1.165) is 5.75 Å². The molecule has 0 bridgehead atoms. The van der Waals surface area contributed by atoms with Crippen LogP contribution in [0.2, 0.25) is 0 Å². The lowest BCUT2D eigenvalue weighted by molar-refractivity contribution is -0.120. The molecule has 2 rings (SSSR count). The van der Waals surface area contributed by atoms with Crippen LogP contribution in [0.4, 0.5) is 0 Å². The van der Waals surface area contributed by atoms with E-state index in [0.29, 0.717) is 28.9 Å². The molecule has 24 heavy (non-hydrogen) atoms. The van der Waals surface area contributed by atoms with Crippen LogP contribution in [-0.2, 0) is 17.0 Å². The Morgan fingerprint density at radius 3 is 2.62 bits per heavy atom. The fourth-order valence-electron chi connectivity index (χ4n) is 2.13. The number of carbonyl (C=O) groups excluding carboxylic acids is 1. The SMILES string of the molecule is Cc1nc(SCc2ccccc2)[nH]c(=O)c1CC(=O)NCC(C)C. The first kappa shape index (κ1) is 18.3. The molecule has 0 radical (unpaired) electrons. The second-order valence-corrected chi connectivity index (χ2v) is 7.05. The van der Waals surface area contributed by atoms with Crippen molar-refractivity contribution >= 4 is 17.7 Å². The topological polar surface area (TPSA) is 74.8 Å². The minimum atomic E-state index is -0.238. The Labute approximate surface area is 146 Å². The first-order valence-electron chi connectivity index (χ1n) is 7.99. The van der Waals surface area contributed by atoms with Crippen LogP contribution in [-0.4, -0.2) is 22.4 Å². The van der Waals surface area contributed by atoms with Crippen LogP contribution in [0.15, 0.2) is 40.3 Å². The Morgan fingerprint density at radius 1 is 1.29 bits per heavy atom. The number of thioether (sulfide) groups is 1. The Morgan fingerprint density at radius 2 is 2.00 bits per heavy atom. The fourth-order valence-corrected chi connectivity index (χ4v) is 2.99. The first-order chi connectivity index (χ1) is 11.5. The van der Waals surface area contributed by atoms with Crippen LogP contribution in [0.5, 0.6) is 0 Å². The molecule has 5 nitrogen and oxygen atoms in total.